The van der Waals surface area contributed by atoms with E-state index in [1.165, 1.54) is 11.3 Å². The summed E-state index contributed by atoms with van der Waals surface area (Å²) in [6.07, 6.45) is -0.686. The maximum atomic E-state index is 13.1. The molecule has 0 aliphatic carbocycles. The molecule has 0 spiro atoms. The monoisotopic (exact) mass is 493 g/mol. The van der Waals surface area contributed by atoms with Crippen LogP contribution in [0.3, 0.4) is 0 Å². The first-order valence-corrected chi connectivity index (χ1v) is 12.5. The number of hydrogen-bond donors (Lipinski definition) is 2. The largest absolute Gasteiger partial charge is 0.497 e. The molecule has 2 heterocycles. The predicted molar refractivity (Wildman–Crippen MR) is 140 cm³/mol. The number of ether oxygens (including phenoxy) is 2. The molecule has 2 aromatic heterocycles. The van der Waals surface area contributed by atoms with E-state index < -0.39 is 6.10 Å². The van der Waals surface area contributed by atoms with Gasteiger partial charge in [-0.1, -0.05) is 30.3 Å². The van der Waals surface area contributed by atoms with Crippen LogP contribution in [0.4, 0.5) is 0 Å². The number of thiophene rings is 1. The van der Waals surface area contributed by atoms with Crippen LogP contribution in [0.5, 0.6) is 11.5 Å². The van der Waals surface area contributed by atoms with Gasteiger partial charge in [-0.2, -0.15) is 0 Å². The van der Waals surface area contributed by atoms with Crippen molar-refractivity contribution >= 4 is 21.6 Å². The molecule has 0 saturated carbocycles. The molecule has 0 aliphatic heterocycles. The molecule has 0 fully saturated rings. The van der Waals surface area contributed by atoms with Crippen molar-refractivity contribution in [2.75, 3.05) is 20.3 Å². The number of aromatic amines is 1. The maximum absolute atomic E-state index is 13.1. The molecule has 2 N–H and O–H groups in total. The van der Waals surface area contributed by atoms with Gasteiger partial charge in [0.2, 0.25) is 0 Å². The van der Waals surface area contributed by atoms with Gasteiger partial charge in [0.25, 0.3) is 5.56 Å². The Morgan fingerprint density at radius 3 is 2.71 bits per heavy atom. The number of H-pyrrole nitrogens is 1. The molecule has 4 rings (SSSR count). The van der Waals surface area contributed by atoms with Gasteiger partial charge in [-0.3, -0.25) is 9.69 Å². The number of hydrogen-bond acceptors (Lipinski definition) is 7. The van der Waals surface area contributed by atoms with Gasteiger partial charge in [0, 0.05) is 23.5 Å². The molecule has 4 aromatic rings. The normalized spacial score (nSPS) is 12.4. The fourth-order valence-corrected chi connectivity index (χ4v) is 4.92. The smallest absolute Gasteiger partial charge is 0.260 e. The Bertz CT molecular complexity index is 1350. The average Bonchev–Trinajstić information content (AvgIpc) is 3.28. The average molecular weight is 494 g/mol. The van der Waals surface area contributed by atoms with Gasteiger partial charge in [-0.05, 0) is 50.1 Å². The van der Waals surface area contributed by atoms with Crippen molar-refractivity contribution in [3.63, 3.8) is 0 Å². The number of aromatic nitrogens is 2. The molecule has 0 aliphatic rings. The van der Waals surface area contributed by atoms with Crippen molar-refractivity contribution < 1.29 is 14.6 Å². The first-order chi connectivity index (χ1) is 16.9. The van der Waals surface area contributed by atoms with E-state index in [1.54, 1.807) is 7.11 Å². The molecule has 184 valence electrons. The molecule has 1 atom stereocenters. The van der Waals surface area contributed by atoms with Crippen LogP contribution in [-0.2, 0) is 6.54 Å². The molecular weight excluding hydrogens is 462 g/mol. The lowest BCUT2D eigenvalue weighted by Gasteiger charge is -2.28. The summed E-state index contributed by atoms with van der Waals surface area (Å²) in [6.45, 7) is 7.08. The summed E-state index contributed by atoms with van der Waals surface area (Å²) in [6, 6.07) is 15.5. The Balaban J connectivity index is 1.49. The molecule has 0 bridgehead atoms. The number of benzene rings is 2. The number of fused-ring (bicyclic) bond motifs is 1. The molecule has 0 saturated heterocycles. The van der Waals surface area contributed by atoms with Crippen LogP contribution in [0.1, 0.15) is 25.2 Å². The molecule has 0 amide bonds. The van der Waals surface area contributed by atoms with Crippen LogP contribution in [0.25, 0.3) is 21.3 Å². The van der Waals surface area contributed by atoms with Gasteiger partial charge in [0.1, 0.15) is 34.9 Å². The second-order valence-electron chi connectivity index (χ2n) is 8.83. The Morgan fingerprint density at radius 1 is 1.17 bits per heavy atom. The van der Waals surface area contributed by atoms with Crippen molar-refractivity contribution in [2.45, 2.75) is 39.5 Å². The van der Waals surface area contributed by atoms with E-state index in [9.17, 15) is 9.90 Å². The van der Waals surface area contributed by atoms with E-state index in [4.69, 9.17) is 14.5 Å². The van der Waals surface area contributed by atoms with Crippen LogP contribution >= 0.6 is 11.3 Å². The zero-order valence-corrected chi connectivity index (χ0v) is 21.3. The number of methoxy groups -OCH3 is 1. The lowest BCUT2D eigenvalue weighted by molar-refractivity contribution is 0.0531. The number of aliphatic hydroxyl groups excluding tert-OH is 1. The highest BCUT2D eigenvalue weighted by molar-refractivity contribution is 7.17. The fourth-order valence-electron chi connectivity index (χ4n) is 3.95. The Hall–Kier alpha value is -3.20. The number of aliphatic hydroxyl groups is 1. The predicted octanol–water partition coefficient (Wildman–Crippen LogP) is 4.62. The summed E-state index contributed by atoms with van der Waals surface area (Å²) in [5.41, 5.74) is 2.61. The van der Waals surface area contributed by atoms with E-state index in [-0.39, 0.29) is 18.2 Å². The van der Waals surface area contributed by atoms with Crippen molar-refractivity contribution in [3.8, 4) is 22.6 Å². The van der Waals surface area contributed by atoms with Crippen LogP contribution < -0.4 is 15.0 Å². The summed E-state index contributed by atoms with van der Waals surface area (Å²) in [5, 5.41) is 13.2. The topological polar surface area (TPSA) is 87.7 Å². The third-order valence-electron chi connectivity index (χ3n) is 5.93. The second kappa shape index (κ2) is 11.0. The highest BCUT2D eigenvalue weighted by Crippen LogP contribution is 2.32. The van der Waals surface area contributed by atoms with Gasteiger partial charge in [0.15, 0.2) is 0 Å². The molecule has 7 nitrogen and oxygen atoms in total. The first kappa shape index (κ1) is 24.9. The molecular formula is C27H31N3O4S. The second-order valence-corrected chi connectivity index (χ2v) is 9.69. The van der Waals surface area contributed by atoms with E-state index in [1.807, 2.05) is 60.8 Å². The first-order valence-electron chi connectivity index (χ1n) is 11.6. The lowest BCUT2D eigenvalue weighted by Crippen LogP contribution is -2.40. The molecule has 2 aromatic carbocycles. The van der Waals surface area contributed by atoms with E-state index in [2.05, 4.69) is 23.7 Å². The Kier molecular flexibility index (Phi) is 7.85. The minimum atomic E-state index is -0.686. The van der Waals surface area contributed by atoms with Crippen molar-refractivity contribution in [1.29, 1.82) is 0 Å². The van der Waals surface area contributed by atoms with Crippen LogP contribution in [0, 0.1) is 6.92 Å². The Labute approximate surface area is 209 Å². The maximum Gasteiger partial charge on any atom is 0.260 e. The van der Waals surface area contributed by atoms with Gasteiger partial charge < -0.3 is 19.6 Å². The standard InChI is InChI=1S/C27H31N3O4S/c1-17(2)30(13-20(31)15-34-23-11-6-5-8-18(23)3)14-24-28-26(32)25-22(16-35-27(25)29-24)19-9-7-10-21(12-19)33-4/h5-12,16-17,20,31H,13-15H2,1-4H3,(H,28,29,32). The number of nitrogens with zero attached hydrogens (tertiary/aromatic N) is 2. The number of nitrogens with one attached hydrogen (secondary N) is 1. The van der Waals surface area contributed by atoms with Crippen molar-refractivity contribution in [3.05, 3.63) is 75.7 Å². The quantitative estimate of drug-likeness (QED) is 0.335. The third kappa shape index (κ3) is 5.90. The molecule has 0 radical (unpaired) electrons. The summed E-state index contributed by atoms with van der Waals surface area (Å²) in [4.78, 5) is 23.5. The number of aryl methyl sites for hydroxylation is 1. The number of para-hydroxylation sites is 1. The van der Waals surface area contributed by atoms with Crippen molar-refractivity contribution in [1.82, 2.24) is 14.9 Å². The minimum absolute atomic E-state index is 0.139. The summed E-state index contributed by atoms with van der Waals surface area (Å²) < 4.78 is 11.1. The molecule has 35 heavy (non-hydrogen) atoms. The summed E-state index contributed by atoms with van der Waals surface area (Å²) >= 11 is 1.45. The summed E-state index contributed by atoms with van der Waals surface area (Å²) in [7, 11) is 1.62. The van der Waals surface area contributed by atoms with E-state index >= 15 is 0 Å². The molecule has 8 heteroatoms. The lowest BCUT2D eigenvalue weighted by atomic mass is 10.1. The van der Waals surface area contributed by atoms with Gasteiger partial charge in [0.05, 0.1) is 19.0 Å². The minimum Gasteiger partial charge on any atom is -0.497 e. The SMILES string of the molecule is COc1cccc(-c2csc3nc(CN(CC(O)COc4ccccc4C)C(C)C)[nH]c(=O)c23)c1. The van der Waals surface area contributed by atoms with Crippen molar-refractivity contribution in [2.24, 2.45) is 0 Å². The Morgan fingerprint density at radius 2 is 1.97 bits per heavy atom. The highest BCUT2D eigenvalue weighted by atomic mass is 32.1. The van der Waals surface area contributed by atoms with Crippen LogP contribution in [0.15, 0.2) is 58.7 Å². The van der Waals surface area contributed by atoms with E-state index in [0.29, 0.717) is 29.1 Å². The highest BCUT2D eigenvalue weighted by Gasteiger charge is 2.19. The number of rotatable bonds is 10. The fraction of sp³-hybridized carbons (Fsp3) is 0.333. The summed E-state index contributed by atoms with van der Waals surface area (Å²) in [5.74, 6) is 2.08. The van der Waals surface area contributed by atoms with Crippen LogP contribution in [0.2, 0.25) is 0 Å². The van der Waals surface area contributed by atoms with Gasteiger partial charge in [-0.15, -0.1) is 11.3 Å². The van der Waals surface area contributed by atoms with E-state index in [0.717, 1.165) is 28.2 Å². The third-order valence-corrected chi connectivity index (χ3v) is 6.80. The van der Waals surface area contributed by atoms with Crippen LogP contribution in [-0.4, -0.2) is 52.4 Å². The van der Waals surface area contributed by atoms with Gasteiger partial charge >= 0.3 is 0 Å². The zero-order chi connectivity index (χ0) is 24.9. The zero-order valence-electron chi connectivity index (χ0n) is 20.4. The van der Waals surface area contributed by atoms with Gasteiger partial charge in [-0.25, -0.2) is 4.98 Å². The molecule has 1 unspecified atom stereocenters.